The van der Waals surface area contributed by atoms with Gasteiger partial charge in [-0.1, -0.05) is 0 Å². The maximum Gasteiger partial charge on any atom is 0.0933 e. The van der Waals surface area contributed by atoms with Gasteiger partial charge in [0.1, 0.15) is 0 Å². The van der Waals surface area contributed by atoms with E-state index in [1.165, 1.54) is 38.5 Å². The third kappa shape index (κ3) is 1.09. The Hall–Kier alpha value is -0.0800. The van der Waals surface area contributed by atoms with Crippen LogP contribution in [0.1, 0.15) is 38.5 Å². The summed E-state index contributed by atoms with van der Waals surface area (Å²) in [7, 11) is 0. The molecule has 4 unspecified atom stereocenters. The quantitative estimate of drug-likeness (QED) is 0.517. The predicted octanol–water partition coefficient (Wildman–Crippen LogP) is 2.29. The largest absolute Gasteiger partial charge is 0.233 e. The fourth-order valence-corrected chi connectivity index (χ4v) is 3.13. The summed E-state index contributed by atoms with van der Waals surface area (Å²) in [6.45, 7) is 0. The second-order valence-electron chi connectivity index (χ2n) is 4.58. The molecule has 4 atom stereocenters. The van der Waals surface area contributed by atoms with E-state index in [1.807, 2.05) is 0 Å². The molecule has 0 aromatic rings. The first-order chi connectivity index (χ1) is 5.92. The molecule has 2 saturated carbocycles. The molecule has 0 aromatic carbocycles. The minimum atomic E-state index is 0.425. The highest BCUT2D eigenvalue weighted by atomic mass is 17.2. The van der Waals surface area contributed by atoms with Gasteiger partial charge >= 0.3 is 0 Å². The van der Waals surface area contributed by atoms with Crippen LogP contribution in [0.3, 0.4) is 0 Å². The first kappa shape index (κ1) is 7.34. The van der Waals surface area contributed by atoms with Gasteiger partial charge in [0.2, 0.25) is 0 Å². The highest BCUT2D eigenvalue weighted by Crippen LogP contribution is 2.44. The van der Waals surface area contributed by atoms with E-state index in [0.717, 1.165) is 11.8 Å². The van der Waals surface area contributed by atoms with Gasteiger partial charge in [-0.05, 0) is 50.4 Å². The van der Waals surface area contributed by atoms with Crippen molar-refractivity contribution in [1.29, 1.82) is 0 Å². The first-order valence-electron chi connectivity index (χ1n) is 5.24. The zero-order valence-corrected chi connectivity index (χ0v) is 7.37. The van der Waals surface area contributed by atoms with Crippen molar-refractivity contribution in [2.45, 2.75) is 50.7 Å². The lowest BCUT2D eigenvalue weighted by Gasteiger charge is -2.44. The molecule has 68 valence electrons. The molecular formula is C10H16O2. The van der Waals surface area contributed by atoms with Gasteiger partial charge in [-0.15, -0.1) is 0 Å². The van der Waals surface area contributed by atoms with Gasteiger partial charge in [0, 0.05) is 0 Å². The van der Waals surface area contributed by atoms with E-state index >= 15 is 0 Å². The summed E-state index contributed by atoms with van der Waals surface area (Å²) in [5.74, 6) is 1.92. The number of rotatable bonds is 0. The van der Waals surface area contributed by atoms with E-state index in [4.69, 9.17) is 9.78 Å². The molecule has 2 aliphatic carbocycles. The average Bonchev–Trinajstić information content (AvgIpc) is 2.07. The van der Waals surface area contributed by atoms with E-state index in [-0.39, 0.29) is 0 Å². The smallest absolute Gasteiger partial charge is 0.0933 e. The summed E-state index contributed by atoms with van der Waals surface area (Å²) in [5, 5.41) is 0. The van der Waals surface area contributed by atoms with Gasteiger partial charge in [-0.25, -0.2) is 9.78 Å². The van der Waals surface area contributed by atoms with Gasteiger partial charge in [0.15, 0.2) is 0 Å². The molecule has 5 aliphatic rings. The van der Waals surface area contributed by atoms with Crippen molar-refractivity contribution < 1.29 is 9.78 Å². The molecule has 2 heteroatoms. The monoisotopic (exact) mass is 168 g/mol. The highest BCUT2D eigenvalue weighted by molar-refractivity contribution is 4.87. The Kier molecular flexibility index (Phi) is 1.66. The summed E-state index contributed by atoms with van der Waals surface area (Å²) < 4.78 is 0. The average molecular weight is 168 g/mol. The van der Waals surface area contributed by atoms with E-state index in [1.54, 1.807) is 0 Å². The second-order valence-corrected chi connectivity index (χ2v) is 4.58. The molecule has 0 spiro atoms. The van der Waals surface area contributed by atoms with Crippen LogP contribution >= 0.6 is 0 Å². The van der Waals surface area contributed by atoms with Crippen LogP contribution in [-0.2, 0) is 9.78 Å². The van der Waals surface area contributed by atoms with E-state index in [2.05, 4.69) is 0 Å². The molecule has 5 fully saturated rings. The van der Waals surface area contributed by atoms with Crippen LogP contribution in [0, 0.1) is 11.8 Å². The van der Waals surface area contributed by atoms with E-state index < -0.39 is 0 Å². The molecule has 0 aromatic heterocycles. The molecule has 2 nitrogen and oxygen atoms in total. The van der Waals surface area contributed by atoms with E-state index in [0.29, 0.717) is 12.2 Å². The Morgan fingerprint density at radius 3 is 1.67 bits per heavy atom. The SMILES string of the molecule is C1CC2CC3CCC2CC1OO3. The van der Waals surface area contributed by atoms with Crippen LogP contribution in [0.15, 0.2) is 0 Å². The Bertz CT molecular complexity index is 161. The molecule has 0 N–H and O–H groups in total. The molecule has 0 radical (unpaired) electrons. The maximum atomic E-state index is 5.40. The normalized spacial score (nSPS) is 52.0. The predicted molar refractivity (Wildman–Crippen MR) is 44.4 cm³/mol. The van der Waals surface area contributed by atoms with Crippen molar-refractivity contribution in [3.63, 3.8) is 0 Å². The molecule has 3 aliphatic heterocycles. The van der Waals surface area contributed by atoms with Gasteiger partial charge < -0.3 is 0 Å². The van der Waals surface area contributed by atoms with Crippen LogP contribution in [-0.4, -0.2) is 12.2 Å². The number of hydrogen-bond donors (Lipinski definition) is 0. The van der Waals surface area contributed by atoms with Crippen LogP contribution in [0.2, 0.25) is 0 Å². The minimum absolute atomic E-state index is 0.425. The van der Waals surface area contributed by atoms with Crippen LogP contribution in [0.4, 0.5) is 0 Å². The highest BCUT2D eigenvalue weighted by Gasteiger charge is 2.39. The van der Waals surface area contributed by atoms with Crippen molar-refractivity contribution in [2.75, 3.05) is 0 Å². The summed E-state index contributed by atoms with van der Waals surface area (Å²) in [5.41, 5.74) is 0. The summed E-state index contributed by atoms with van der Waals surface area (Å²) in [6.07, 6.45) is 8.60. The summed E-state index contributed by atoms with van der Waals surface area (Å²) in [4.78, 5) is 10.8. The fraction of sp³-hybridized carbons (Fsp3) is 1.00. The van der Waals surface area contributed by atoms with Gasteiger partial charge in [-0.2, -0.15) is 0 Å². The fourth-order valence-electron chi connectivity index (χ4n) is 3.13. The van der Waals surface area contributed by atoms with Gasteiger partial charge in [-0.3, -0.25) is 0 Å². The van der Waals surface area contributed by atoms with Gasteiger partial charge in [0.25, 0.3) is 0 Å². The Labute approximate surface area is 73.2 Å². The lowest BCUT2D eigenvalue weighted by Crippen LogP contribution is -2.40. The molecule has 3 heterocycles. The summed E-state index contributed by atoms with van der Waals surface area (Å²) >= 11 is 0. The van der Waals surface area contributed by atoms with Crippen LogP contribution in [0.5, 0.6) is 0 Å². The van der Waals surface area contributed by atoms with Gasteiger partial charge in [0.05, 0.1) is 12.2 Å². The Morgan fingerprint density at radius 2 is 1.17 bits per heavy atom. The number of hydrogen-bond acceptors (Lipinski definition) is 2. The third-order valence-corrected chi connectivity index (χ3v) is 3.84. The minimum Gasteiger partial charge on any atom is -0.233 e. The molecule has 4 bridgehead atoms. The lowest BCUT2D eigenvalue weighted by molar-refractivity contribution is -0.379. The molecule has 12 heavy (non-hydrogen) atoms. The van der Waals surface area contributed by atoms with Crippen molar-refractivity contribution in [1.82, 2.24) is 0 Å². The first-order valence-corrected chi connectivity index (χ1v) is 5.24. The molecular weight excluding hydrogens is 152 g/mol. The zero-order chi connectivity index (χ0) is 7.97. The standard InChI is InChI=1S/C10H16O2/c1-3-9-6-8-2-4-10(12-11-9)5-7(1)8/h7-10H,1-6H2. The molecule has 3 saturated heterocycles. The Morgan fingerprint density at radius 1 is 0.667 bits per heavy atom. The lowest BCUT2D eigenvalue weighted by atomic mass is 9.69. The van der Waals surface area contributed by atoms with Crippen molar-refractivity contribution in [3.8, 4) is 0 Å². The third-order valence-electron chi connectivity index (χ3n) is 3.84. The summed E-state index contributed by atoms with van der Waals surface area (Å²) in [6, 6.07) is 0. The zero-order valence-electron chi connectivity index (χ0n) is 7.37. The number of fused-ring (bicyclic) bond motifs is 2. The Balaban J connectivity index is 1.84. The molecule has 0 amide bonds. The second kappa shape index (κ2) is 2.71. The van der Waals surface area contributed by atoms with Crippen LogP contribution < -0.4 is 0 Å². The van der Waals surface area contributed by atoms with Crippen molar-refractivity contribution in [3.05, 3.63) is 0 Å². The van der Waals surface area contributed by atoms with Crippen molar-refractivity contribution in [2.24, 2.45) is 11.8 Å². The topological polar surface area (TPSA) is 18.5 Å². The maximum absolute atomic E-state index is 5.40. The van der Waals surface area contributed by atoms with Crippen LogP contribution in [0.25, 0.3) is 0 Å². The van der Waals surface area contributed by atoms with Crippen molar-refractivity contribution >= 4 is 0 Å². The van der Waals surface area contributed by atoms with E-state index in [9.17, 15) is 0 Å². The molecule has 5 rings (SSSR count).